The van der Waals surface area contributed by atoms with E-state index in [0.717, 1.165) is 30.0 Å². The Bertz CT molecular complexity index is 1060. The average molecular weight is 526 g/mol. The van der Waals surface area contributed by atoms with Crippen molar-refractivity contribution in [3.63, 3.8) is 0 Å². The summed E-state index contributed by atoms with van der Waals surface area (Å²) >= 11 is 0. The van der Waals surface area contributed by atoms with Crippen LogP contribution in [0.1, 0.15) is 61.4 Å². The van der Waals surface area contributed by atoms with Gasteiger partial charge in [-0.2, -0.15) is 18.3 Å². The molecule has 0 amide bonds. The first kappa shape index (κ1) is 27.5. The second-order valence-corrected chi connectivity index (χ2v) is 10.5. The fourth-order valence-electron chi connectivity index (χ4n) is 5.25. The molecule has 37 heavy (non-hydrogen) atoms. The number of aromatic nitrogens is 4. The van der Waals surface area contributed by atoms with Crippen molar-refractivity contribution in [3.8, 4) is 5.88 Å². The molecule has 1 aliphatic heterocycles. The first-order valence-electron chi connectivity index (χ1n) is 13.0. The van der Waals surface area contributed by atoms with Crippen molar-refractivity contribution in [1.82, 2.24) is 24.6 Å². The number of nitrogens with zero attached hydrogens (tertiary/aromatic N) is 5. The van der Waals surface area contributed by atoms with E-state index in [2.05, 4.69) is 20.0 Å². The van der Waals surface area contributed by atoms with Crippen LogP contribution in [0.2, 0.25) is 0 Å². The molecule has 0 radical (unpaired) electrons. The standard InChI is InChI=1S/C26H35F4N5O2/c1-18-31-23(33-34(18)2)16-21(36)15-19-5-9-25(27,10-6-19)11-14-35-12-7-20-3-4-24(32-22(20)8-13-35)37-17-26(28,29)30/h3-4,19H,5-17H2,1-2H3. The van der Waals surface area contributed by atoms with Gasteiger partial charge in [0.05, 0.1) is 6.42 Å². The minimum absolute atomic E-state index is 0.0196. The summed E-state index contributed by atoms with van der Waals surface area (Å²) in [6, 6.07) is 3.26. The zero-order valence-corrected chi connectivity index (χ0v) is 21.5. The van der Waals surface area contributed by atoms with Crippen LogP contribution in [-0.4, -0.2) is 68.5 Å². The van der Waals surface area contributed by atoms with E-state index >= 15 is 4.39 Å². The molecule has 0 aromatic carbocycles. The van der Waals surface area contributed by atoms with Gasteiger partial charge < -0.3 is 9.64 Å². The molecule has 0 bridgehead atoms. The van der Waals surface area contributed by atoms with E-state index in [1.54, 1.807) is 17.8 Å². The van der Waals surface area contributed by atoms with Crippen molar-refractivity contribution in [3.05, 3.63) is 35.0 Å². The second kappa shape index (κ2) is 11.4. The molecule has 7 nitrogen and oxygen atoms in total. The molecule has 3 heterocycles. The van der Waals surface area contributed by atoms with E-state index in [-0.39, 0.29) is 24.0 Å². The number of Topliss-reactive ketones (excluding diaryl/α,β-unsaturated/α-hetero) is 1. The van der Waals surface area contributed by atoms with E-state index in [1.807, 2.05) is 6.92 Å². The van der Waals surface area contributed by atoms with Crippen LogP contribution in [0.15, 0.2) is 12.1 Å². The van der Waals surface area contributed by atoms with Crippen molar-refractivity contribution in [2.24, 2.45) is 13.0 Å². The third kappa shape index (κ3) is 7.96. The molecule has 0 saturated heterocycles. The maximum Gasteiger partial charge on any atom is 0.422 e. The van der Waals surface area contributed by atoms with Gasteiger partial charge in [-0.1, -0.05) is 6.07 Å². The van der Waals surface area contributed by atoms with Crippen LogP contribution in [-0.2, 0) is 31.1 Å². The Morgan fingerprint density at radius 1 is 1.16 bits per heavy atom. The van der Waals surface area contributed by atoms with Crippen molar-refractivity contribution in [2.45, 2.75) is 76.6 Å². The summed E-state index contributed by atoms with van der Waals surface area (Å²) in [4.78, 5) is 23.2. The predicted molar refractivity (Wildman–Crippen MR) is 129 cm³/mol. The molecule has 2 aliphatic rings. The van der Waals surface area contributed by atoms with Gasteiger partial charge in [0.25, 0.3) is 0 Å². The number of alkyl halides is 4. The summed E-state index contributed by atoms with van der Waals surface area (Å²) in [6.45, 7) is 2.54. The van der Waals surface area contributed by atoms with E-state index in [4.69, 9.17) is 4.74 Å². The Hall–Kier alpha value is -2.56. The molecule has 4 rings (SSSR count). The van der Waals surface area contributed by atoms with Gasteiger partial charge in [0.15, 0.2) is 12.4 Å². The van der Waals surface area contributed by atoms with E-state index < -0.39 is 18.5 Å². The number of carbonyl (C=O) groups excluding carboxylic acids is 1. The summed E-state index contributed by atoms with van der Waals surface area (Å²) in [5.74, 6) is 1.60. The minimum atomic E-state index is -4.40. The number of rotatable bonds is 9. The number of halogens is 4. The van der Waals surface area contributed by atoms with E-state index in [1.165, 1.54) is 6.07 Å². The largest absolute Gasteiger partial charge is 0.468 e. The Morgan fingerprint density at radius 2 is 1.89 bits per heavy atom. The molecule has 11 heteroatoms. The molecule has 0 spiro atoms. The number of aryl methyl sites for hydroxylation is 2. The van der Waals surface area contributed by atoms with Crippen molar-refractivity contribution < 1.29 is 27.1 Å². The Kier molecular flexibility index (Phi) is 8.50. The van der Waals surface area contributed by atoms with Gasteiger partial charge in [-0.25, -0.2) is 14.4 Å². The highest BCUT2D eigenvalue weighted by molar-refractivity contribution is 5.80. The molecule has 2 aromatic rings. The number of hydrogen-bond acceptors (Lipinski definition) is 6. The molecule has 0 atom stereocenters. The normalized spacial score (nSPS) is 22.9. The van der Waals surface area contributed by atoms with Crippen LogP contribution in [0.4, 0.5) is 17.6 Å². The molecule has 2 aromatic heterocycles. The smallest absolute Gasteiger partial charge is 0.422 e. The molecule has 1 saturated carbocycles. The van der Waals surface area contributed by atoms with Crippen molar-refractivity contribution in [1.29, 1.82) is 0 Å². The SMILES string of the molecule is Cc1nc(CC(=O)CC2CCC(F)(CCN3CCc4ccc(OCC(F)(F)F)nc4CC3)CC2)nn1C. The number of fused-ring (bicyclic) bond motifs is 1. The number of pyridine rings is 1. The summed E-state index contributed by atoms with van der Waals surface area (Å²) < 4.78 is 59.3. The van der Waals surface area contributed by atoms with Gasteiger partial charge in [0, 0.05) is 51.3 Å². The van der Waals surface area contributed by atoms with Crippen LogP contribution >= 0.6 is 0 Å². The van der Waals surface area contributed by atoms with Crippen LogP contribution < -0.4 is 4.74 Å². The van der Waals surface area contributed by atoms with E-state index in [0.29, 0.717) is 63.9 Å². The van der Waals surface area contributed by atoms with Gasteiger partial charge in [-0.05, 0) is 56.9 Å². The molecule has 0 unspecified atom stereocenters. The first-order valence-corrected chi connectivity index (χ1v) is 13.0. The highest BCUT2D eigenvalue weighted by atomic mass is 19.4. The lowest BCUT2D eigenvalue weighted by atomic mass is 9.76. The molecular weight excluding hydrogens is 490 g/mol. The lowest BCUT2D eigenvalue weighted by molar-refractivity contribution is -0.154. The highest BCUT2D eigenvalue weighted by Crippen LogP contribution is 2.39. The third-order valence-electron chi connectivity index (χ3n) is 7.56. The van der Waals surface area contributed by atoms with Gasteiger partial charge in [0.1, 0.15) is 17.3 Å². The minimum Gasteiger partial charge on any atom is -0.468 e. The van der Waals surface area contributed by atoms with Gasteiger partial charge >= 0.3 is 6.18 Å². The monoisotopic (exact) mass is 525 g/mol. The average Bonchev–Trinajstić information content (AvgIpc) is 3.02. The summed E-state index contributed by atoms with van der Waals surface area (Å²) in [5, 5.41) is 4.25. The summed E-state index contributed by atoms with van der Waals surface area (Å²) in [6.07, 6.45) is 0.332. The Morgan fingerprint density at radius 3 is 2.57 bits per heavy atom. The Labute approximate surface area is 214 Å². The lowest BCUT2D eigenvalue weighted by Gasteiger charge is -2.35. The maximum absolute atomic E-state index is 15.6. The fraction of sp³-hybridized carbons (Fsp3) is 0.692. The van der Waals surface area contributed by atoms with Gasteiger partial charge in [-0.15, -0.1) is 0 Å². The Balaban J connectivity index is 1.19. The van der Waals surface area contributed by atoms with Crippen LogP contribution in [0, 0.1) is 12.8 Å². The van der Waals surface area contributed by atoms with Crippen molar-refractivity contribution >= 4 is 5.78 Å². The fourth-order valence-corrected chi connectivity index (χ4v) is 5.25. The maximum atomic E-state index is 15.6. The van der Waals surface area contributed by atoms with Crippen LogP contribution in [0.3, 0.4) is 0 Å². The van der Waals surface area contributed by atoms with Gasteiger partial charge in [0.2, 0.25) is 5.88 Å². The second-order valence-electron chi connectivity index (χ2n) is 10.5. The quantitative estimate of drug-likeness (QED) is 0.454. The molecule has 0 N–H and O–H groups in total. The third-order valence-corrected chi connectivity index (χ3v) is 7.56. The van der Waals surface area contributed by atoms with Gasteiger partial charge in [-0.3, -0.25) is 9.48 Å². The number of ether oxygens (including phenoxy) is 1. The lowest BCUT2D eigenvalue weighted by Crippen LogP contribution is -2.36. The topological polar surface area (TPSA) is 73.1 Å². The van der Waals surface area contributed by atoms with E-state index in [9.17, 15) is 18.0 Å². The zero-order valence-electron chi connectivity index (χ0n) is 21.5. The van der Waals surface area contributed by atoms with Crippen LogP contribution in [0.25, 0.3) is 0 Å². The van der Waals surface area contributed by atoms with Crippen molar-refractivity contribution in [2.75, 3.05) is 26.2 Å². The number of hydrogen-bond donors (Lipinski definition) is 0. The molecular formula is C26H35F4N5O2. The first-order chi connectivity index (χ1) is 17.5. The molecule has 204 valence electrons. The van der Waals surface area contributed by atoms with Crippen LogP contribution in [0.5, 0.6) is 5.88 Å². The number of ketones is 1. The molecule has 1 aliphatic carbocycles. The zero-order chi connectivity index (χ0) is 26.6. The highest BCUT2D eigenvalue weighted by Gasteiger charge is 2.36. The molecule has 1 fully saturated rings. The summed E-state index contributed by atoms with van der Waals surface area (Å²) in [7, 11) is 1.80. The summed E-state index contributed by atoms with van der Waals surface area (Å²) in [5.41, 5.74) is 0.520. The number of carbonyl (C=O) groups is 1. The predicted octanol–water partition coefficient (Wildman–Crippen LogP) is 4.35.